The van der Waals surface area contributed by atoms with Crippen molar-refractivity contribution < 1.29 is 0 Å². The van der Waals surface area contributed by atoms with Crippen molar-refractivity contribution in [2.45, 2.75) is 160 Å². The minimum atomic E-state index is 0.567. The van der Waals surface area contributed by atoms with Crippen LogP contribution in [0, 0.1) is 0 Å². The van der Waals surface area contributed by atoms with Crippen LogP contribution in [0.1, 0.15) is 126 Å². The SMILES string of the molecule is CN1CCCC1CCn1c(Cc2ccccc2)cc2ccc(N=C(N)c3cccs3)cc21.CN1CCCC1CCn1ccc2ccc(N=C(N)c3cccs3)cc21.CN1CCC[C@@H]1CCn1ccc2ccc(N=C(N)c3cccs3)cc21.CN1CCC[C@H]1CCn1ccc2ccc(N=C(N)c3cccs3)cc21.NC(=Nc1ccc2ccn(CCCCn3ccnc3)c2c1)c1cccs1. The van der Waals surface area contributed by atoms with Gasteiger partial charge in [-0.1, -0.05) is 91.0 Å². The molecule has 26 heteroatoms. The Labute approximate surface area is 800 Å². The van der Waals surface area contributed by atoms with Gasteiger partial charge in [-0.2, -0.15) is 0 Å². The molecule has 133 heavy (non-hydrogen) atoms. The topological polar surface area (TPSA) is 247 Å². The standard InChI is InChI=1S/C27H30N4S.C20H21N5S.3C20H24N4S/c1-30-14-5-9-23(30)13-15-31-24(17-20-7-3-2-4-8-20)18-21-11-12-22(19-25(21)31)29-27(28)26-10-6-16-32-26;21-20(19-4-3-13-26-19)23-17-6-5-16-7-11-25(18(16)14-17)10-2-1-9-24-12-8-22-15-24;3*1-23-10-2-4-17(23)9-12-24-11-8-15-6-7-16(14-18(15)24)22-20(21)19-5-3-13-25-19/h2-4,6-8,10-12,16,18-19,23H,5,9,13-15,17H2,1H3,(H2,28,29);3-8,11-15H,1-2,9-10H2,(H2,21,23);3*3,5-8,11,13-14,17H,2,4,9-10,12H2,1H3,(H2,21,22)/t;;2*17-;/m..10./s1. The fourth-order valence-electron chi connectivity index (χ4n) is 18.9. The molecule has 2 unspecified atom stereocenters. The van der Waals surface area contributed by atoms with Gasteiger partial charge in [0.25, 0.3) is 0 Å². The zero-order valence-electron chi connectivity index (χ0n) is 76.7. The molecule has 0 amide bonds. The van der Waals surface area contributed by atoms with Gasteiger partial charge in [-0.3, -0.25) is 0 Å². The van der Waals surface area contributed by atoms with Crippen molar-refractivity contribution in [3.05, 3.63) is 318 Å². The summed E-state index contributed by atoms with van der Waals surface area (Å²) in [6, 6.07) is 76.3. The third-order valence-corrected chi connectivity index (χ3v) is 30.9. The summed E-state index contributed by atoms with van der Waals surface area (Å²) in [4.78, 5) is 42.2. The van der Waals surface area contributed by atoms with Crippen LogP contribution in [0.5, 0.6) is 0 Å². The highest BCUT2D eigenvalue weighted by Crippen LogP contribution is 2.34. The molecule has 0 bridgehead atoms. The second-order valence-corrected chi connectivity index (χ2v) is 40.1. The number of nitrogens with two attached hydrogens (primary N) is 5. The summed E-state index contributed by atoms with van der Waals surface area (Å²) in [7, 11) is 8.99. The Kier molecular flexibility index (Phi) is 31.5. The van der Waals surface area contributed by atoms with E-state index < -0.39 is 0 Å². The largest absolute Gasteiger partial charge is 0.383 e. The van der Waals surface area contributed by atoms with Crippen LogP contribution in [-0.2, 0) is 45.7 Å². The molecule has 4 saturated heterocycles. The van der Waals surface area contributed by atoms with E-state index in [2.05, 4.69) is 252 Å². The van der Waals surface area contributed by atoms with Crippen LogP contribution in [0.2, 0.25) is 0 Å². The molecule has 11 aromatic heterocycles. The number of aryl methyl sites for hydroxylation is 6. The molecule has 4 aliphatic heterocycles. The predicted molar refractivity (Wildman–Crippen MR) is 565 cm³/mol. The summed E-state index contributed by atoms with van der Waals surface area (Å²) in [5, 5.41) is 16.4. The fraction of sp³-hybridized carbons (Fsp3) is 0.308. The maximum Gasteiger partial charge on any atom is 0.141 e. The number of fused-ring (bicyclic) bond motifs is 5. The molecule has 0 spiro atoms. The van der Waals surface area contributed by atoms with Gasteiger partial charge in [0.15, 0.2) is 0 Å². The highest BCUT2D eigenvalue weighted by atomic mass is 32.1. The van der Waals surface area contributed by atoms with E-state index >= 15 is 0 Å². The molecule has 4 fully saturated rings. The van der Waals surface area contributed by atoms with Gasteiger partial charge in [-0.25, -0.2) is 29.9 Å². The van der Waals surface area contributed by atoms with E-state index in [9.17, 15) is 0 Å². The molecule has 21 rings (SSSR count). The Morgan fingerprint density at radius 2 is 0.639 bits per heavy atom. The number of rotatable bonds is 29. The van der Waals surface area contributed by atoms with Gasteiger partial charge in [0.2, 0.25) is 0 Å². The second-order valence-electron chi connectivity index (χ2n) is 35.3. The van der Waals surface area contributed by atoms with E-state index in [4.69, 9.17) is 33.7 Å². The van der Waals surface area contributed by atoms with Gasteiger partial charge in [0.1, 0.15) is 29.2 Å². The van der Waals surface area contributed by atoms with E-state index in [-0.39, 0.29) is 0 Å². The molecule has 0 saturated carbocycles. The Morgan fingerprint density at radius 3 is 0.947 bits per heavy atom. The highest BCUT2D eigenvalue weighted by Gasteiger charge is 2.26. The molecule has 4 aliphatic rings. The van der Waals surface area contributed by atoms with E-state index in [1.54, 1.807) is 56.7 Å². The maximum absolute atomic E-state index is 6.27. The number of hydrogen-bond acceptors (Lipinski definition) is 15. The highest BCUT2D eigenvalue weighted by molar-refractivity contribution is 7.13. The molecule has 10 N–H and O–H groups in total. The van der Waals surface area contributed by atoms with E-state index in [1.807, 2.05) is 131 Å². The van der Waals surface area contributed by atoms with Crippen LogP contribution in [-0.4, -0.2) is 160 Å². The zero-order chi connectivity index (χ0) is 91.4. The molecular weight excluding hydrogens is 1740 g/mol. The van der Waals surface area contributed by atoms with Gasteiger partial charge in [-0.05, 0) is 320 Å². The zero-order valence-corrected chi connectivity index (χ0v) is 80.8. The summed E-state index contributed by atoms with van der Waals surface area (Å²) < 4.78 is 14.0. The molecule has 6 aromatic carbocycles. The Bertz CT molecular complexity index is 6350. The molecule has 17 aromatic rings. The molecule has 0 radical (unpaired) electrons. The lowest BCUT2D eigenvalue weighted by Gasteiger charge is -2.21. The average molecular weight is 1860 g/mol. The van der Waals surface area contributed by atoms with Crippen molar-refractivity contribution in [1.82, 2.24) is 52.0 Å². The average Bonchev–Trinajstić information content (AvgIpc) is 1.64. The van der Waals surface area contributed by atoms with Gasteiger partial charge in [0, 0.05) is 118 Å². The molecule has 21 nitrogen and oxygen atoms in total. The third-order valence-electron chi connectivity index (χ3n) is 26.5. The normalized spacial score (nSPS) is 17.3. The third kappa shape index (κ3) is 24.3. The smallest absolute Gasteiger partial charge is 0.141 e. The first kappa shape index (κ1) is 92.8. The first-order chi connectivity index (χ1) is 65.1. The Morgan fingerprint density at radius 1 is 0.323 bits per heavy atom. The van der Waals surface area contributed by atoms with Crippen molar-refractivity contribution in [3.8, 4) is 0 Å². The van der Waals surface area contributed by atoms with E-state index in [0.29, 0.717) is 53.3 Å². The lowest BCUT2D eigenvalue weighted by Crippen LogP contribution is -2.26. The van der Waals surface area contributed by atoms with Crippen LogP contribution in [0.15, 0.2) is 308 Å². The number of hydrogen-bond donors (Lipinski definition) is 5. The number of nitrogens with zero attached hydrogens (tertiary/aromatic N) is 16. The van der Waals surface area contributed by atoms with Crippen LogP contribution in [0.4, 0.5) is 28.4 Å². The van der Waals surface area contributed by atoms with Gasteiger partial charge < -0.3 is 75.7 Å². The molecule has 0 aliphatic carbocycles. The number of imidazole rings is 1. The van der Waals surface area contributed by atoms with E-state index in [1.165, 1.54) is 169 Å². The summed E-state index contributed by atoms with van der Waals surface area (Å²) in [6.07, 6.45) is 32.9. The summed E-state index contributed by atoms with van der Waals surface area (Å²) >= 11 is 8.07. The lowest BCUT2D eigenvalue weighted by molar-refractivity contribution is 0.286. The molecular formula is C107H123N21S5. The molecule has 15 heterocycles. The number of amidine groups is 5. The predicted octanol–water partition coefficient (Wildman–Crippen LogP) is 22.9. The number of benzene rings is 6. The maximum atomic E-state index is 6.27. The Balaban J connectivity index is 0.000000116. The monoisotopic (exact) mass is 1860 g/mol. The van der Waals surface area contributed by atoms with Crippen LogP contribution >= 0.6 is 56.7 Å². The van der Waals surface area contributed by atoms with Crippen molar-refractivity contribution in [2.75, 3.05) is 54.4 Å². The summed E-state index contributed by atoms with van der Waals surface area (Å²) in [5.41, 5.74) is 44.2. The van der Waals surface area contributed by atoms with Gasteiger partial charge in [0.05, 0.1) is 86.7 Å². The van der Waals surface area contributed by atoms with Crippen LogP contribution in [0.25, 0.3) is 54.5 Å². The summed E-state index contributed by atoms with van der Waals surface area (Å²) in [5.74, 6) is 2.90. The van der Waals surface area contributed by atoms with Gasteiger partial charge >= 0.3 is 0 Å². The Hall–Kier alpha value is -12.1. The number of aromatic nitrogens is 7. The van der Waals surface area contributed by atoms with Gasteiger partial charge in [-0.15, -0.1) is 56.7 Å². The van der Waals surface area contributed by atoms with E-state index in [0.717, 1.165) is 111 Å². The van der Waals surface area contributed by atoms with Crippen LogP contribution < -0.4 is 28.7 Å². The first-order valence-electron chi connectivity index (χ1n) is 46.8. The fourth-order valence-corrected chi connectivity index (χ4v) is 22.1. The number of likely N-dealkylation sites (tertiary alicyclic amines) is 4. The number of unbranched alkanes of at least 4 members (excludes halogenated alkanes) is 1. The molecule has 686 valence electrons. The van der Waals surface area contributed by atoms with Crippen molar-refractivity contribution in [2.24, 2.45) is 53.6 Å². The van der Waals surface area contributed by atoms with Crippen molar-refractivity contribution in [1.29, 1.82) is 0 Å². The minimum absolute atomic E-state index is 0.567. The van der Waals surface area contributed by atoms with Crippen molar-refractivity contribution >= 4 is 169 Å². The number of aliphatic imine (C=N–C) groups is 5. The number of thiophene rings is 5. The first-order valence-corrected chi connectivity index (χ1v) is 51.2. The molecule has 4 atom stereocenters. The lowest BCUT2D eigenvalue weighted by atomic mass is 10.1. The quantitative estimate of drug-likeness (QED) is 0.0168. The second kappa shape index (κ2) is 45.1. The summed E-state index contributed by atoms with van der Waals surface area (Å²) in [6.45, 7) is 11.1. The minimum Gasteiger partial charge on any atom is -0.383 e. The van der Waals surface area contributed by atoms with Crippen LogP contribution in [0.3, 0.4) is 0 Å². The van der Waals surface area contributed by atoms with Crippen molar-refractivity contribution in [3.63, 3.8) is 0 Å².